The molecule has 0 saturated heterocycles. The Morgan fingerprint density at radius 3 is 2.82 bits per heavy atom. The van der Waals surface area contributed by atoms with Crippen LogP contribution in [-0.2, 0) is 0 Å². The average Bonchev–Trinajstić information content (AvgIpc) is 2.86. The van der Waals surface area contributed by atoms with E-state index in [4.69, 9.17) is 4.42 Å². The zero-order chi connectivity index (χ0) is 12.5. The summed E-state index contributed by atoms with van der Waals surface area (Å²) in [6, 6.07) is 5.25. The minimum atomic E-state index is -0.277. The summed E-state index contributed by atoms with van der Waals surface area (Å²) in [5.74, 6) is 0.457. The molecule has 0 radical (unpaired) electrons. The fraction of sp³-hybridized carbons (Fsp3) is 0.333. The van der Waals surface area contributed by atoms with Crippen molar-refractivity contribution in [3.8, 4) is 11.5 Å². The van der Waals surface area contributed by atoms with Crippen molar-refractivity contribution in [2.45, 2.75) is 26.3 Å². The summed E-state index contributed by atoms with van der Waals surface area (Å²) in [5, 5.41) is 9.57. The molecule has 0 saturated carbocycles. The van der Waals surface area contributed by atoms with Crippen LogP contribution < -0.4 is 5.32 Å². The number of hydrogen-bond donors (Lipinski definition) is 2. The molecular weight excluding hydrogens is 218 g/mol. The smallest absolute Gasteiger partial charge is 0.272 e. The van der Waals surface area contributed by atoms with Crippen molar-refractivity contribution < 1.29 is 9.21 Å². The molecule has 90 valence electrons. The van der Waals surface area contributed by atoms with Gasteiger partial charge in [-0.1, -0.05) is 0 Å². The van der Waals surface area contributed by atoms with E-state index in [1.54, 1.807) is 24.5 Å². The zero-order valence-corrected chi connectivity index (χ0v) is 10.1. The summed E-state index contributed by atoms with van der Waals surface area (Å²) in [6.07, 6.45) is 1.57. The second kappa shape index (κ2) is 4.08. The van der Waals surface area contributed by atoms with Crippen molar-refractivity contribution in [1.82, 2.24) is 15.5 Å². The van der Waals surface area contributed by atoms with Crippen molar-refractivity contribution in [2.24, 2.45) is 0 Å². The fourth-order valence-corrected chi connectivity index (χ4v) is 1.40. The Morgan fingerprint density at radius 1 is 1.47 bits per heavy atom. The molecule has 2 aromatic rings. The number of carbonyl (C=O) groups excluding carboxylic acids is 1. The number of furan rings is 1. The summed E-state index contributed by atoms with van der Waals surface area (Å²) in [4.78, 5) is 11.8. The van der Waals surface area contributed by atoms with E-state index >= 15 is 0 Å². The van der Waals surface area contributed by atoms with E-state index < -0.39 is 0 Å². The third-order valence-electron chi connectivity index (χ3n) is 2.09. The highest BCUT2D eigenvalue weighted by Crippen LogP contribution is 2.17. The molecule has 0 spiro atoms. The summed E-state index contributed by atoms with van der Waals surface area (Å²) < 4.78 is 5.21. The van der Waals surface area contributed by atoms with Gasteiger partial charge in [0, 0.05) is 11.6 Å². The number of aromatic amines is 1. The molecule has 0 aliphatic rings. The SMILES string of the molecule is CC(C)(C)NC(=O)c1cc(-c2ccco2)[nH]n1. The van der Waals surface area contributed by atoms with Gasteiger partial charge in [-0.3, -0.25) is 9.89 Å². The largest absolute Gasteiger partial charge is 0.463 e. The molecule has 0 aromatic carbocycles. The second-order valence-corrected chi connectivity index (χ2v) is 4.85. The Hall–Kier alpha value is -2.04. The fourth-order valence-electron chi connectivity index (χ4n) is 1.40. The maximum Gasteiger partial charge on any atom is 0.272 e. The summed E-state index contributed by atoms with van der Waals surface area (Å²) >= 11 is 0. The summed E-state index contributed by atoms with van der Waals surface area (Å²) in [6.45, 7) is 5.76. The number of rotatable bonds is 2. The Bertz CT molecular complexity index is 506. The molecule has 0 bridgehead atoms. The minimum absolute atomic E-state index is 0.202. The average molecular weight is 233 g/mol. The number of amides is 1. The van der Waals surface area contributed by atoms with Crippen LogP contribution in [0.4, 0.5) is 0 Å². The number of carbonyl (C=O) groups is 1. The van der Waals surface area contributed by atoms with Crippen molar-refractivity contribution in [3.05, 3.63) is 30.2 Å². The molecule has 0 aliphatic carbocycles. The number of nitrogens with zero attached hydrogens (tertiary/aromatic N) is 1. The van der Waals surface area contributed by atoms with Crippen molar-refractivity contribution in [1.29, 1.82) is 0 Å². The molecular formula is C12H15N3O2. The molecule has 5 heteroatoms. The maximum absolute atomic E-state index is 11.8. The maximum atomic E-state index is 11.8. The molecule has 0 atom stereocenters. The van der Waals surface area contributed by atoms with Crippen molar-refractivity contribution in [2.75, 3.05) is 0 Å². The standard InChI is InChI=1S/C12H15N3O2/c1-12(2,3)13-11(16)9-7-8(14-15-9)10-5-4-6-17-10/h4-7H,1-3H3,(H,13,16)(H,14,15). The molecule has 2 rings (SSSR count). The molecule has 1 amide bonds. The molecule has 0 fully saturated rings. The van der Waals surface area contributed by atoms with E-state index in [1.165, 1.54) is 0 Å². The first-order valence-electron chi connectivity index (χ1n) is 5.37. The van der Waals surface area contributed by atoms with Crippen LogP contribution >= 0.6 is 0 Å². The van der Waals surface area contributed by atoms with Crippen LogP contribution in [0.5, 0.6) is 0 Å². The second-order valence-electron chi connectivity index (χ2n) is 4.85. The van der Waals surface area contributed by atoms with Crippen LogP contribution in [0.15, 0.2) is 28.9 Å². The van der Waals surface area contributed by atoms with Gasteiger partial charge in [0.2, 0.25) is 0 Å². The third kappa shape index (κ3) is 2.75. The van der Waals surface area contributed by atoms with Gasteiger partial charge in [0.15, 0.2) is 11.5 Å². The van der Waals surface area contributed by atoms with Crippen LogP contribution in [0.1, 0.15) is 31.3 Å². The van der Waals surface area contributed by atoms with Crippen LogP contribution in [0.2, 0.25) is 0 Å². The third-order valence-corrected chi connectivity index (χ3v) is 2.09. The predicted octanol–water partition coefficient (Wildman–Crippen LogP) is 2.20. The van der Waals surface area contributed by atoms with Crippen LogP contribution in [0, 0.1) is 0 Å². The predicted molar refractivity (Wildman–Crippen MR) is 63.5 cm³/mol. The highest BCUT2D eigenvalue weighted by atomic mass is 16.3. The van der Waals surface area contributed by atoms with Gasteiger partial charge in [0.1, 0.15) is 5.69 Å². The molecule has 17 heavy (non-hydrogen) atoms. The lowest BCUT2D eigenvalue weighted by atomic mass is 10.1. The quantitative estimate of drug-likeness (QED) is 0.835. The van der Waals surface area contributed by atoms with Gasteiger partial charge >= 0.3 is 0 Å². The lowest BCUT2D eigenvalue weighted by Crippen LogP contribution is -2.40. The first-order chi connectivity index (χ1) is 7.96. The Balaban J connectivity index is 2.16. The first kappa shape index (κ1) is 11.4. The Kier molecular flexibility index (Phi) is 2.75. The monoisotopic (exact) mass is 233 g/mol. The lowest BCUT2D eigenvalue weighted by molar-refractivity contribution is 0.0914. The molecule has 2 heterocycles. The summed E-state index contributed by atoms with van der Waals surface area (Å²) in [5.41, 5.74) is 0.765. The number of aromatic nitrogens is 2. The normalized spacial score (nSPS) is 11.5. The molecule has 0 aliphatic heterocycles. The highest BCUT2D eigenvalue weighted by Gasteiger charge is 2.18. The van der Waals surface area contributed by atoms with E-state index in [1.807, 2.05) is 20.8 Å². The van der Waals surface area contributed by atoms with Gasteiger partial charge in [0.25, 0.3) is 5.91 Å². The van der Waals surface area contributed by atoms with Gasteiger partial charge in [-0.25, -0.2) is 0 Å². The highest BCUT2D eigenvalue weighted by molar-refractivity contribution is 5.93. The number of hydrogen-bond acceptors (Lipinski definition) is 3. The van der Waals surface area contributed by atoms with Gasteiger partial charge in [0.05, 0.1) is 6.26 Å². The van der Waals surface area contributed by atoms with E-state index in [-0.39, 0.29) is 11.4 Å². The van der Waals surface area contributed by atoms with Crippen molar-refractivity contribution >= 4 is 5.91 Å². The van der Waals surface area contributed by atoms with E-state index in [9.17, 15) is 4.79 Å². The Labute approximate surface area is 99.2 Å². The van der Waals surface area contributed by atoms with E-state index in [2.05, 4.69) is 15.5 Å². The van der Waals surface area contributed by atoms with Gasteiger partial charge in [-0.15, -0.1) is 0 Å². The topological polar surface area (TPSA) is 70.9 Å². The minimum Gasteiger partial charge on any atom is -0.463 e. The lowest BCUT2D eigenvalue weighted by Gasteiger charge is -2.19. The van der Waals surface area contributed by atoms with Crippen LogP contribution in [0.25, 0.3) is 11.5 Å². The van der Waals surface area contributed by atoms with Gasteiger partial charge in [-0.05, 0) is 32.9 Å². The first-order valence-corrected chi connectivity index (χ1v) is 5.37. The van der Waals surface area contributed by atoms with E-state index in [0.717, 1.165) is 0 Å². The van der Waals surface area contributed by atoms with Crippen LogP contribution in [0.3, 0.4) is 0 Å². The van der Waals surface area contributed by atoms with Gasteiger partial charge < -0.3 is 9.73 Å². The van der Waals surface area contributed by atoms with E-state index in [0.29, 0.717) is 17.1 Å². The summed E-state index contributed by atoms with van der Waals surface area (Å²) in [7, 11) is 0. The van der Waals surface area contributed by atoms with Crippen LogP contribution in [-0.4, -0.2) is 21.6 Å². The molecule has 2 aromatic heterocycles. The zero-order valence-electron chi connectivity index (χ0n) is 10.1. The number of H-pyrrole nitrogens is 1. The Morgan fingerprint density at radius 2 is 2.24 bits per heavy atom. The number of nitrogens with one attached hydrogen (secondary N) is 2. The van der Waals surface area contributed by atoms with Crippen molar-refractivity contribution in [3.63, 3.8) is 0 Å². The molecule has 0 unspecified atom stereocenters. The van der Waals surface area contributed by atoms with Gasteiger partial charge in [-0.2, -0.15) is 5.10 Å². The molecule has 2 N–H and O–H groups in total. The molecule has 5 nitrogen and oxygen atoms in total.